The molecule has 2 aromatic rings. The van der Waals surface area contributed by atoms with E-state index in [9.17, 15) is 13.2 Å². The molecule has 2 aromatic carbocycles. The molecular weight excluding hydrogens is 372 g/mol. The summed E-state index contributed by atoms with van der Waals surface area (Å²) in [5.74, 6) is -0.349. The molecule has 140 valence electrons. The normalized spacial score (nSPS) is 11.8. The van der Waals surface area contributed by atoms with E-state index in [1.807, 2.05) is 20.8 Å². The first-order chi connectivity index (χ1) is 12.2. The fraction of sp³-hybridized carbons (Fsp3) is 0.316. The van der Waals surface area contributed by atoms with Gasteiger partial charge in [0.25, 0.3) is 0 Å². The van der Waals surface area contributed by atoms with E-state index in [2.05, 4.69) is 5.32 Å². The van der Waals surface area contributed by atoms with Gasteiger partial charge in [-0.15, -0.1) is 0 Å². The highest BCUT2D eigenvalue weighted by Gasteiger charge is 2.27. The predicted octanol–water partition coefficient (Wildman–Crippen LogP) is 3.36. The second kappa shape index (κ2) is 8.66. The molecule has 0 aliphatic heterocycles. The third kappa shape index (κ3) is 5.56. The minimum atomic E-state index is -3.83. The summed E-state index contributed by atoms with van der Waals surface area (Å²) in [6.45, 7) is 5.33. The van der Waals surface area contributed by atoms with Crippen LogP contribution < -0.4 is 5.32 Å². The van der Waals surface area contributed by atoms with E-state index in [0.717, 1.165) is 5.56 Å². The van der Waals surface area contributed by atoms with Crippen LogP contribution in [0.2, 0.25) is 5.02 Å². The number of carbonyl (C=O) groups is 1. The molecule has 0 saturated heterocycles. The highest BCUT2D eigenvalue weighted by atomic mass is 35.5. The number of sulfonamides is 1. The second-order valence-electron chi connectivity index (χ2n) is 6.44. The molecule has 0 unspecified atom stereocenters. The van der Waals surface area contributed by atoms with E-state index in [1.54, 1.807) is 48.5 Å². The quantitative estimate of drug-likeness (QED) is 0.782. The number of aryl methyl sites for hydroxylation is 1. The van der Waals surface area contributed by atoms with Crippen LogP contribution >= 0.6 is 11.6 Å². The lowest BCUT2D eigenvalue weighted by Gasteiger charge is -2.23. The van der Waals surface area contributed by atoms with Crippen LogP contribution in [0.25, 0.3) is 0 Å². The molecular formula is C19H23ClN2O3S. The van der Waals surface area contributed by atoms with Crippen molar-refractivity contribution < 1.29 is 13.2 Å². The van der Waals surface area contributed by atoms with Crippen LogP contribution in [0.3, 0.4) is 0 Å². The van der Waals surface area contributed by atoms with Gasteiger partial charge in [-0.05, 0) is 50.6 Å². The standard InChI is InChI=1S/C19H23ClN2O3S/c1-14(2)21-19(23)13-22(12-16-5-4-6-17(20)11-16)26(24,25)18-9-7-15(3)8-10-18/h4-11,14H,12-13H2,1-3H3,(H,21,23). The first kappa shape index (κ1) is 20.4. The lowest BCUT2D eigenvalue weighted by Crippen LogP contribution is -2.42. The van der Waals surface area contributed by atoms with Crippen molar-refractivity contribution in [2.75, 3.05) is 6.54 Å². The first-order valence-corrected chi connectivity index (χ1v) is 10.1. The van der Waals surface area contributed by atoms with Gasteiger partial charge in [-0.2, -0.15) is 4.31 Å². The molecule has 1 N–H and O–H groups in total. The van der Waals surface area contributed by atoms with E-state index in [-0.39, 0.29) is 29.9 Å². The molecule has 7 heteroatoms. The van der Waals surface area contributed by atoms with Gasteiger partial charge in [0.1, 0.15) is 0 Å². The summed E-state index contributed by atoms with van der Waals surface area (Å²) in [6, 6.07) is 13.4. The van der Waals surface area contributed by atoms with Gasteiger partial charge in [0.2, 0.25) is 15.9 Å². The number of nitrogens with zero attached hydrogens (tertiary/aromatic N) is 1. The third-order valence-corrected chi connectivity index (χ3v) is 5.72. The molecule has 0 aliphatic rings. The van der Waals surface area contributed by atoms with Crippen LogP contribution in [0.5, 0.6) is 0 Å². The van der Waals surface area contributed by atoms with Gasteiger partial charge in [-0.3, -0.25) is 4.79 Å². The minimum absolute atomic E-state index is 0.0578. The molecule has 0 atom stereocenters. The fourth-order valence-corrected chi connectivity index (χ4v) is 4.05. The Morgan fingerprint density at radius 1 is 1.15 bits per heavy atom. The summed E-state index contributed by atoms with van der Waals surface area (Å²) in [4.78, 5) is 12.4. The summed E-state index contributed by atoms with van der Waals surface area (Å²) >= 11 is 6.00. The van der Waals surface area contributed by atoms with Crippen LogP contribution in [0.4, 0.5) is 0 Å². The number of halogens is 1. The van der Waals surface area contributed by atoms with Crippen molar-refractivity contribution in [2.45, 2.75) is 38.3 Å². The lowest BCUT2D eigenvalue weighted by molar-refractivity contribution is -0.121. The SMILES string of the molecule is Cc1ccc(S(=O)(=O)N(CC(=O)NC(C)C)Cc2cccc(Cl)c2)cc1. The van der Waals surface area contributed by atoms with Gasteiger partial charge in [-0.1, -0.05) is 41.4 Å². The molecule has 2 rings (SSSR count). The average molecular weight is 395 g/mol. The minimum Gasteiger partial charge on any atom is -0.353 e. The highest BCUT2D eigenvalue weighted by molar-refractivity contribution is 7.89. The molecule has 0 aliphatic carbocycles. The van der Waals surface area contributed by atoms with Crippen LogP contribution in [-0.2, 0) is 21.4 Å². The molecule has 0 aromatic heterocycles. The second-order valence-corrected chi connectivity index (χ2v) is 8.81. The van der Waals surface area contributed by atoms with E-state index >= 15 is 0 Å². The van der Waals surface area contributed by atoms with Crippen LogP contribution in [0.15, 0.2) is 53.4 Å². The van der Waals surface area contributed by atoms with Gasteiger partial charge in [0.15, 0.2) is 0 Å². The Kier molecular flexibility index (Phi) is 6.81. The number of hydrogen-bond acceptors (Lipinski definition) is 3. The van der Waals surface area contributed by atoms with Crippen LogP contribution in [0.1, 0.15) is 25.0 Å². The maximum Gasteiger partial charge on any atom is 0.243 e. The van der Waals surface area contributed by atoms with Crippen molar-refractivity contribution >= 4 is 27.5 Å². The van der Waals surface area contributed by atoms with Crippen molar-refractivity contribution in [3.05, 3.63) is 64.7 Å². The van der Waals surface area contributed by atoms with Gasteiger partial charge in [0, 0.05) is 17.6 Å². The summed E-state index contributed by atoms with van der Waals surface area (Å²) < 4.78 is 27.3. The van der Waals surface area contributed by atoms with E-state index in [0.29, 0.717) is 10.6 Å². The van der Waals surface area contributed by atoms with Crippen molar-refractivity contribution in [3.63, 3.8) is 0 Å². The fourth-order valence-electron chi connectivity index (χ4n) is 2.45. The zero-order chi connectivity index (χ0) is 19.3. The topological polar surface area (TPSA) is 66.5 Å². The van der Waals surface area contributed by atoms with Gasteiger partial charge in [-0.25, -0.2) is 8.42 Å². The van der Waals surface area contributed by atoms with Crippen molar-refractivity contribution in [1.82, 2.24) is 9.62 Å². The highest BCUT2D eigenvalue weighted by Crippen LogP contribution is 2.20. The van der Waals surface area contributed by atoms with Gasteiger partial charge >= 0.3 is 0 Å². The van der Waals surface area contributed by atoms with Gasteiger partial charge < -0.3 is 5.32 Å². The molecule has 26 heavy (non-hydrogen) atoms. The Balaban J connectivity index is 2.35. The van der Waals surface area contributed by atoms with E-state index in [1.165, 1.54) is 4.31 Å². The van der Waals surface area contributed by atoms with Crippen molar-refractivity contribution in [2.24, 2.45) is 0 Å². The molecule has 0 heterocycles. The monoisotopic (exact) mass is 394 g/mol. The number of carbonyl (C=O) groups excluding carboxylic acids is 1. The van der Waals surface area contributed by atoms with Crippen molar-refractivity contribution in [1.29, 1.82) is 0 Å². The molecule has 0 fully saturated rings. The summed E-state index contributed by atoms with van der Waals surface area (Å²) in [5, 5.41) is 3.25. The van der Waals surface area contributed by atoms with E-state index in [4.69, 9.17) is 11.6 Å². The Morgan fingerprint density at radius 3 is 2.38 bits per heavy atom. The Morgan fingerprint density at radius 2 is 1.81 bits per heavy atom. The Bertz CT molecular complexity index is 865. The average Bonchev–Trinajstić information content (AvgIpc) is 2.54. The Hall–Kier alpha value is -1.89. The summed E-state index contributed by atoms with van der Waals surface area (Å²) in [5.41, 5.74) is 1.67. The number of nitrogens with one attached hydrogen (secondary N) is 1. The largest absolute Gasteiger partial charge is 0.353 e. The number of hydrogen-bond donors (Lipinski definition) is 1. The van der Waals surface area contributed by atoms with Crippen LogP contribution in [0, 0.1) is 6.92 Å². The van der Waals surface area contributed by atoms with Crippen molar-refractivity contribution in [3.8, 4) is 0 Å². The smallest absolute Gasteiger partial charge is 0.243 e. The maximum atomic E-state index is 13.1. The number of benzene rings is 2. The molecule has 1 amide bonds. The molecule has 0 saturated carbocycles. The van der Waals surface area contributed by atoms with E-state index < -0.39 is 10.0 Å². The first-order valence-electron chi connectivity index (χ1n) is 8.29. The van der Waals surface area contributed by atoms with Gasteiger partial charge in [0.05, 0.1) is 11.4 Å². The predicted molar refractivity (Wildman–Crippen MR) is 104 cm³/mol. The summed E-state index contributed by atoms with van der Waals surface area (Å²) in [6.07, 6.45) is 0. The van der Waals surface area contributed by atoms with Crippen LogP contribution in [-0.4, -0.2) is 31.2 Å². The maximum absolute atomic E-state index is 13.1. The zero-order valence-electron chi connectivity index (χ0n) is 15.1. The molecule has 5 nitrogen and oxygen atoms in total. The molecule has 0 spiro atoms. The lowest BCUT2D eigenvalue weighted by atomic mass is 10.2. The summed E-state index contributed by atoms with van der Waals surface area (Å²) in [7, 11) is -3.83. The molecule has 0 radical (unpaired) electrons. The number of rotatable bonds is 7. The third-order valence-electron chi connectivity index (χ3n) is 3.68. The molecule has 0 bridgehead atoms. The Labute approximate surface area is 160 Å². The number of amides is 1. The zero-order valence-corrected chi connectivity index (χ0v) is 16.6.